The number of sulfonamides is 1. The summed E-state index contributed by atoms with van der Waals surface area (Å²) in [6.45, 7) is 3.27. The van der Waals surface area contributed by atoms with Crippen LogP contribution in [-0.4, -0.2) is 33.2 Å². The molecule has 0 radical (unpaired) electrons. The van der Waals surface area contributed by atoms with E-state index in [1.54, 1.807) is 12.3 Å². The molecule has 1 aromatic heterocycles. The van der Waals surface area contributed by atoms with Crippen LogP contribution < -0.4 is 14.2 Å². The Morgan fingerprint density at radius 1 is 1.03 bits per heavy atom. The van der Waals surface area contributed by atoms with Crippen LogP contribution in [0.4, 0.5) is 0 Å². The number of benzene rings is 2. The Morgan fingerprint density at radius 2 is 1.79 bits per heavy atom. The molecule has 4 rings (SSSR count). The lowest BCUT2D eigenvalue weighted by Gasteiger charge is -2.10. The Bertz CT molecular complexity index is 1090. The van der Waals surface area contributed by atoms with E-state index in [1.807, 2.05) is 31.2 Å². The summed E-state index contributed by atoms with van der Waals surface area (Å²) in [6.07, 6.45) is 2.73. The summed E-state index contributed by atoms with van der Waals surface area (Å²) in [4.78, 5) is 4.57. The maximum absolute atomic E-state index is 12.6. The van der Waals surface area contributed by atoms with Crippen molar-refractivity contribution in [1.29, 1.82) is 0 Å². The molecule has 0 bridgehead atoms. The number of rotatable bonds is 6. The zero-order valence-corrected chi connectivity index (χ0v) is 16.9. The van der Waals surface area contributed by atoms with Crippen molar-refractivity contribution >= 4 is 10.0 Å². The van der Waals surface area contributed by atoms with Gasteiger partial charge in [-0.2, -0.15) is 0 Å². The molecule has 0 saturated heterocycles. The van der Waals surface area contributed by atoms with E-state index in [0.29, 0.717) is 42.7 Å². The molecule has 3 aromatic rings. The molecule has 0 fully saturated rings. The molecule has 152 valence electrons. The number of nitrogens with zero attached hydrogens (tertiary/aromatic N) is 1. The van der Waals surface area contributed by atoms with Crippen LogP contribution in [0.25, 0.3) is 11.5 Å². The van der Waals surface area contributed by atoms with E-state index in [0.717, 1.165) is 17.5 Å². The molecule has 1 aliphatic rings. The second-order valence-corrected chi connectivity index (χ2v) is 8.58. The van der Waals surface area contributed by atoms with E-state index in [-0.39, 0.29) is 11.4 Å². The normalized spacial score (nSPS) is 13.8. The third kappa shape index (κ3) is 4.60. The lowest BCUT2D eigenvalue weighted by molar-refractivity contribution is 0.297. The first-order chi connectivity index (χ1) is 14.0. The van der Waals surface area contributed by atoms with Crippen LogP contribution >= 0.6 is 0 Å². The number of aryl methyl sites for hydroxylation is 1. The number of hydrogen-bond acceptors (Lipinski definition) is 6. The highest BCUT2D eigenvalue weighted by molar-refractivity contribution is 7.89. The van der Waals surface area contributed by atoms with Gasteiger partial charge in [-0.1, -0.05) is 17.7 Å². The molecule has 0 amide bonds. The Kier molecular flexibility index (Phi) is 5.55. The van der Waals surface area contributed by atoms with E-state index in [4.69, 9.17) is 13.9 Å². The van der Waals surface area contributed by atoms with Crippen LogP contribution in [0.5, 0.6) is 11.5 Å². The van der Waals surface area contributed by atoms with E-state index in [2.05, 4.69) is 9.71 Å². The van der Waals surface area contributed by atoms with Gasteiger partial charge in [0.15, 0.2) is 11.5 Å². The third-order valence-corrected chi connectivity index (χ3v) is 6.01. The van der Waals surface area contributed by atoms with Gasteiger partial charge in [-0.3, -0.25) is 0 Å². The summed E-state index contributed by atoms with van der Waals surface area (Å²) in [5, 5.41) is 0. The largest absolute Gasteiger partial charge is 0.490 e. The number of nitrogens with one attached hydrogen (secondary N) is 1. The summed E-state index contributed by atoms with van der Waals surface area (Å²) in [5.74, 6) is 1.53. The lowest BCUT2D eigenvalue weighted by atomic mass is 10.1. The molecule has 2 aromatic carbocycles. The zero-order chi connectivity index (χ0) is 20.3. The van der Waals surface area contributed by atoms with Crippen LogP contribution in [0.1, 0.15) is 17.7 Å². The summed E-state index contributed by atoms with van der Waals surface area (Å²) < 4.78 is 44.4. The Balaban J connectivity index is 1.39. The minimum Gasteiger partial charge on any atom is -0.490 e. The van der Waals surface area contributed by atoms with Gasteiger partial charge in [-0.25, -0.2) is 18.1 Å². The molecule has 0 spiro atoms. The highest BCUT2D eigenvalue weighted by atomic mass is 32.2. The van der Waals surface area contributed by atoms with E-state index in [1.165, 1.54) is 12.1 Å². The summed E-state index contributed by atoms with van der Waals surface area (Å²) in [7, 11) is -3.67. The Hall–Kier alpha value is -2.84. The van der Waals surface area contributed by atoms with Crippen molar-refractivity contribution in [1.82, 2.24) is 9.71 Å². The van der Waals surface area contributed by atoms with Gasteiger partial charge in [0.05, 0.1) is 23.8 Å². The van der Waals surface area contributed by atoms with Gasteiger partial charge in [-0.15, -0.1) is 0 Å². The van der Waals surface area contributed by atoms with E-state index in [9.17, 15) is 8.42 Å². The fraction of sp³-hybridized carbons (Fsp3) is 0.286. The van der Waals surface area contributed by atoms with Crippen molar-refractivity contribution in [2.24, 2.45) is 0 Å². The fourth-order valence-corrected chi connectivity index (χ4v) is 4.00. The molecule has 0 atom stereocenters. The molecule has 1 aliphatic heterocycles. The number of aromatic nitrogens is 1. The van der Waals surface area contributed by atoms with Crippen molar-refractivity contribution in [2.45, 2.75) is 24.7 Å². The molecular formula is C21H22N2O5S. The first-order valence-corrected chi connectivity index (χ1v) is 10.9. The van der Waals surface area contributed by atoms with Crippen LogP contribution in [-0.2, 0) is 16.4 Å². The van der Waals surface area contributed by atoms with Crippen LogP contribution in [0.3, 0.4) is 0 Å². The van der Waals surface area contributed by atoms with Crippen molar-refractivity contribution in [3.05, 3.63) is 60.0 Å². The minimum absolute atomic E-state index is 0.141. The maximum atomic E-state index is 12.6. The fourth-order valence-electron chi connectivity index (χ4n) is 2.96. The smallest absolute Gasteiger partial charge is 0.240 e. The molecule has 7 nitrogen and oxygen atoms in total. The number of ether oxygens (including phenoxy) is 2. The van der Waals surface area contributed by atoms with Gasteiger partial charge < -0.3 is 13.9 Å². The van der Waals surface area contributed by atoms with Crippen molar-refractivity contribution < 1.29 is 22.3 Å². The number of hydrogen-bond donors (Lipinski definition) is 1. The predicted octanol–water partition coefficient (Wildman–Crippen LogP) is 3.33. The van der Waals surface area contributed by atoms with Crippen LogP contribution in [0.15, 0.2) is 58.0 Å². The maximum Gasteiger partial charge on any atom is 0.240 e. The highest BCUT2D eigenvalue weighted by Gasteiger charge is 2.18. The molecule has 1 N–H and O–H groups in total. The van der Waals surface area contributed by atoms with Crippen LogP contribution in [0, 0.1) is 6.92 Å². The Morgan fingerprint density at radius 3 is 2.59 bits per heavy atom. The summed E-state index contributed by atoms with van der Waals surface area (Å²) >= 11 is 0. The first-order valence-electron chi connectivity index (χ1n) is 9.42. The van der Waals surface area contributed by atoms with Gasteiger partial charge in [-0.05, 0) is 31.2 Å². The highest BCUT2D eigenvalue weighted by Crippen LogP contribution is 2.31. The standard InChI is InChI=1S/C21H22N2O5S/c1-15-3-5-16(6-4-15)21-23-17(14-28-21)9-10-22-29(24,25)18-7-8-19-20(13-18)27-12-2-11-26-19/h3-8,13-14,22H,2,9-12H2,1H3. The van der Waals surface area contributed by atoms with Gasteiger partial charge in [0.2, 0.25) is 15.9 Å². The van der Waals surface area contributed by atoms with Gasteiger partial charge >= 0.3 is 0 Å². The summed E-state index contributed by atoms with van der Waals surface area (Å²) in [6, 6.07) is 12.5. The van der Waals surface area contributed by atoms with Gasteiger partial charge in [0, 0.05) is 31.0 Å². The molecule has 0 aliphatic carbocycles. The monoisotopic (exact) mass is 414 g/mol. The van der Waals surface area contributed by atoms with E-state index >= 15 is 0 Å². The molecule has 2 heterocycles. The summed E-state index contributed by atoms with van der Waals surface area (Å²) in [5.41, 5.74) is 2.72. The average Bonchev–Trinajstić information content (AvgIpc) is 3.04. The number of fused-ring (bicyclic) bond motifs is 1. The molecule has 0 unspecified atom stereocenters. The molecule has 0 saturated carbocycles. The third-order valence-electron chi connectivity index (χ3n) is 4.55. The zero-order valence-electron chi connectivity index (χ0n) is 16.1. The quantitative estimate of drug-likeness (QED) is 0.665. The Labute approximate surface area is 169 Å². The SMILES string of the molecule is Cc1ccc(-c2nc(CCNS(=O)(=O)c3ccc4c(c3)OCCCO4)co2)cc1. The molecule has 29 heavy (non-hydrogen) atoms. The van der Waals surface area contributed by atoms with E-state index < -0.39 is 10.0 Å². The second kappa shape index (κ2) is 8.26. The van der Waals surface area contributed by atoms with Gasteiger partial charge in [0.25, 0.3) is 0 Å². The first kappa shape index (κ1) is 19.5. The van der Waals surface area contributed by atoms with Gasteiger partial charge in [0.1, 0.15) is 6.26 Å². The van der Waals surface area contributed by atoms with Crippen LogP contribution in [0.2, 0.25) is 0 Å². The average molecular weight is 414 g/mol. The van der Waals surface area contributed by atoms with Crippen molar-refractivity contribution in [3.63, 3.8) is 0 Å². The topological polar surface area (TPSA) is 90.7 Å². The second-order valence-electron chi connectivity index (χ2n) is 6.82. The predicted molar refractivity (Wildman–Crippen MR) is 108 cm³/mol. The van der Waals surface area contributed by atoms with Crippen molar-refractivity contribution in [2.75, 3.05) is 19.8 Å². The minimum atomic E-state index is -3.67. The molecule has 8 heteroatoms. The number of oxazole rings is 1. The van der Waals surface area contributed by atoms with Crippen molar-refractivity contribution in [3.8, 4) is 23.0 Å². The lowest BCUT2D eigenvalue weighted by Crippen LogP contribution is -2.26. The molecular weight excluding hydrogens is 392 g/mol.